The van der Waals surface area contributed by atoms with Gasteiger partial charge < -0.3 is 24.1 Å². The molecule has 9 nitrogen and oxygen atoms in total. The molecular weight excluding hydrogens is 472 g/mol. The van der Waals surface area contributed by atoms with E-state index in [1.807, 2.05) is 48.5 Å². The predicted octanol–water partition coefficient (Wildman–Crippen LogP) is 4.73. The van der Waals surface area contributed by atoms with E-state index in [0.29, 0.717) is 41.0 Å². The number of hydrogen-bond acceptors (Lipinski definition) is 8. The Hall–Kier alpha value is -4.79. The van der Waals surface area contributed by atoms with E-state index >= 15 is 0 Å². The van der Waals surface area contributed by atoms with Crippen molar-refractivity contribution in [2.24, 2.45) is 0 Å². The van der Waals surface area contributed by atoms with Crippen molar-refractivity contribution in [3.8, 4) is 34.6 Å². The van der Waals surface area contributed by atoms with Gasteiger partial charge in [-0.05, 0) is 41.5 Å². The summed E-state index contributed by atoms with van der Waals surface area (Å²) in [6.07, 6.45) is 2.14. The Labute approximate surface area is 212 Å². The highest BCUT2D eigenvalue weighted by Crippen LogP contribution is 2.49. The van der Waals surface area contributed by atoms with E-state index in [1.54, 1.807) is 44.3 Å². The van der Waals surface area contributed by atoms with Gasteiger partial charge in [0.2, 0.25) is 5.88 Å². The number of phenols is 1. The summed E-state index contributed by atoms with van der Waals surface area (Å²) in [4.78, 5) is 9.46. The summed E-state index contributed by atoms with van der Waals surface area (Å²) < 4.78 is 24.1. The van der Waals surface area contributed by atoms with Crippen LogP contribution >= 0.6 is 0 Å². The van der Waals surface area contributed by atoms with E-state index < -0.39 is 0 Å². The summed E-state index contributed by atoms with van der Waals surface area (Å²) in [6, 6.07) is 18.7. The second kappa shape index (κ2) is 9.02. The zero-order chi connectivity index (χ0) is 25.5. The predicted molar refractivity (Wildman–Crippen MR) is 135 cm³/mol. The Morgan fingerprint density at radius 3 is 2.49 bits per heavy atom. The highest BCUT2D eigenvalue weighted by atomic mass is 16.5. The third-order valence-electron chi connectivity index (χ3n) is 6.50. The van der Waals surface area contributed by atoms with Gasteiger partial charge >= 0.3 is 0 Å². The maximum Gasteiger partial charge on any atom is 0.228 e. The van der Waals surface area contributed by atoms with Gasteiger partial charge in [0, 0.05) is 24.0 Å². The molecule has 37 heavy (non-hydrogen) atoms. The minimum atomic E-state index is -0.298. The molecule has 1 aliphatic heterocycles. The molecule has 6 rings (SSSR count). The number of methoxy groups -OCH3 is 3. The van der Waals surface area contributed by atoms with Crippen molar-refractivity contribution in [1.82, 2.24) is 19.6 Å². The molecule has 0 fully saturated rings. The van der Waals surface area contributed by atoms with Crippen molar-refractivity contribution in [2.45, 2.75) is 12.3 Å². The Morgan fingerprint density at radius 1 is 0.919 bits per heavy atom. The monoisotopic (exact) mass is 496 g/mol. The lowest BCUT2D eigenvalue weighted by atomic mass is 9.83. The third kappa shape index (κ3) is 3.94. The van der Waals surface area contributed by atoms with Crippen molar-refractivity contribution < 1.29 is 24.1 Å². The molecule has 0 bridgehead atoms. The standard InChI is InChI=1S/C28H24N4O5/c1-34-19-8-4-16(5-9-19)12-24-30-27-26-25(17-6-11-21(35-2)23(13-17)36-3)20-10-7-18(33)14-22(20)37-28(26)29-15-32(27)31-24/h4-11,13-15,25,33H,12H2,1-3H3/t25-/m1/s1. The third-order valence-corrected chi connectivity index (χ3v) is 6.50. The zero-order valence-corrected chi connectivity index (χ0v) is 20.5. The van der Waals surface area contributed by atoms with E-state index in [9.17, 15) is 5.11 Å². The molecule has 3 heterocycles. The van der Waals surface area contributed by atoms with Crippen molar-refractivity contribution in [3.63, 3.8) is 0 Å². The molecule has 0 radical (unpaired) electrons. The van der Waals surface area contributed by atoms with Crippen LogP contribution in [0.4, 0.5) is 0 Å². The Morgan fingerprint density at radius 2 is 1.73 bits per heavy atom. The molecule has 1 N–H and O–H groups in total. The number of nitrogens with zero attached hydrogens (tertiary/aromatic N) is 4. The molecule has 2 aromatic heterocycles. The zero-order valence-electron chi connectivity index (χ0n) is 20.5. The lowest BCUT2D eigenvalue weighted by molar-refractivity contribution is 0.354. The van der Waals surface area contributed by atoms with Crippen LogP contribution in [0.5, 0.6) is 34.6 Å². The number of aromatic hydroxyl groups is 1. The number of aromatic nitrogens is 4. The van der Waals surface area contributed by atoms with E-state index in [0.717, 1.165) is 28.0 Å². The molecule has 1 aliphatic rings. The highest BCUT2D eigenvalue weighted by molar-refractivity contribution is 5.67. The fraction of sp³-hybridized carbons (Fsp3) is 0.179. The molecular formula is C28H24N4O5. The van der Waals surface area contributed by atoms with Crippen molar-refractivity contribution in [1.29, 1.82) is 0 Å². The average molecular weight is 497 g/mol. The second-order valence-electron chi connectivity index (χ2n) is 8.66. The van der Waals surface area contributed by atoms with Gasteiger partial charge in [0.15, 0.2) is 23.0 Å². The molecule has 186 valence electrons. The Kier molecular flexibility index (Phi) is 5.52. The van der Waals surface area contributed by atoms with E-state index in [4.69, 9.17) is 23.9 Å². The Bertz CT molecular complexity index is 1610. The molecule has 0 saturated carbocycles. The first-order chi connectivity index (χ1) is 18.1. The van der Waals surface area contributed by atoms with Crippen LogP contribution in [0.15, 0.2) is 67.0 Å². The number of phenolic OH excluding ortho intramolecular Hbond substituents is 1. The number of fused-ring (bicyclic) bond motifs is 4. The van der Waals surface area contributed by atoms with Gasteiger partial charge in [-0.25, -0.2) is 14.5 Å². The van der Waals surface area contributed by atoms with Gasteiger partial charge in [0.05, 0.1) is 26.9 Å². The van der Waals surface area contributed by atoms with Crippen LogP contribution in [0.2, 0.25) is 0 Å². The largest absolute Gasteiger partial charge is 0.508 e. The molecule has 0 amide bonds. The first-order valence-corrected chi connectivity index (χ1v) is 11.7. The first-order valence-electron chi connectivity index (χ1n) is 11.7. The van der Waals surface area contributed by atoms with Crippen LogP contribution in [0.3, 0.4) is 0 Å². The quantitative estimate of drug-likeness (QED) is 0.353. The van der Waals surface area contributed by atoms with E-state index in [-0.39, 0.29) is 11.7 Å². The lowest BCUT2D eigenvalue weighted by Crippen LogP contribution is -2.15. The van der Waals surface area contributed by atoms with Crippen molar-refractivity contribution in [2.75, 3.05) is 21.3 Å². The van der Waals surface area contributed by atoms with Gasteiger partial charge in [-0.2, -0.15) is 0 Å². The van der Waals surface area contributed by atoms with Gasteiger partial charge in [-0.1, -0.05) is 24.3 Å². The average Bonchev–Trinajstić information content (AvgIpc) is 3.34. The van der Waals surface area contributed by atoms with Crippen molar-refractivity contribution >= 4 is 5.65 Å². The normalized spacial score (nSPS) is 14.0. The van der Waals surface area contributed by atoms with Crippen LogP contribution in [0, 0.1) is 0 Å². The maximum atomic E-state index is 10.1. The van der Waals surface area contributed by atoms with Crippen LogP contribution in [0.25, 0.3) is 5.65 Å². The van der Waals surface area contributed by atoms with Gasteiger partial charge in [0.1, 0.15) is 23.6 Å². The molecule has 3 aromatic carbocycles. The number of ether oxygens (including phenoxy) is 4. The summed E-state index contributed by atoms with van der Waals surface area (Å²) in [6.45, 7) is 0. The number of hydrogen-bond donors (Lipinski definition) is 1. The number of rotatable bonds is 6. The van der Waals surface area contributed by atoms with Crippen LogP contribution in [-0.2, 0) is 6.42 Å². The van der Waals surface area contributed by atoms with Crippen molar-refractivity contribution in [3.05, 3.63) is 95.1 Å². The van der Waals surface area contributed by atoms with Gasteiger partial charge in [-0.15, -0.1) is 5.10 Å². The molecule has 0 unspecified atom stereocenters. The molecule has 5 aromatic rings. The lowest BCUT2D eigenvalue weighted by Gasteiger charge is -2.28. The van der Waals surface area contributed by atoms with Gasteiger partial charge in [0.25, 0.3) is 0 Å². The fourth-order valence-electron chi connectivity index (χ4n) is 4.73. The minimum Gasteiger partial charge on any atom is -0.508 e. The molecule has 9 heteroatoms. The summed E-state index contributed by atoms with van der Waals surface area (Å²) >= 11 is 0. The first kappa shape index (κ1) is 22.7. The SMILES string of the molecule is COc1ccc(Cc2nc3c4c(ncn3n2)Oc2cc(O)ccc2[C@H]4c2ccc(OC)c(OC)c2)cc1. The fourth-order valence-corrected chi connectivity index (χ4v) is 4.73. The summed E-state index contributed by atoms with van der Waals surface area (Å²) in [7, 11) is 4.86. The Balaban J connectivity index is 1.50. The number of benzene rings is 3. The molecule has 1 atom stereocenters. The maximum absolute atomic E-state index is 10.1. The summed E-state index contributed by atoms with van der Waals surface area (Å²) in [5.74, 6) is 3.44. The highest BCUT2D eigenvalue weighted by Gasteiger charge is 2.34. The second-order valence-corrected chi connectivity index (χ2v) is 8.66. The molecule has 0 saturated heterocycles. The molecule has 0 spiro atoms. The summed E-state index contributed by atoms with van der Waals surface area (Å²) in [5, 5.41) is 14.8. The van der Waals surface area contributed by atoms with Crippen LogP contribution in [-0.4, -0.2) is 46.0 Å². The van der Waals surface area contributed by atoms with E-state index in [2.05, 4.69) is 10.1 Å². The van der Waals surface area contributed by atoms with Crippen LogP contribution in [0.1, 0.15) is 34.0 Å². The topological polar surface area (TPSA) is 100 Å². The smallest absolute Gasteiger partial charge is 0.228 e. The van der Waals surface area contributed by atoms with Gasteiger partial charge in [-0.3, -0.25) is 0 Å². The molecule has 0 aliphatic carbocycles. The minimum absolute atomic E-state index is 0.110. The van der Waals surface area contributed by atoms with E-state index in [1.165, 1.54) is 0 Å². The summed E-state index contributed by atoms with van der Waals surface area (Å²) in [5.41, 5.74) is 4.29. The van der Waals surface area contributed by atoms with Crippen LogP contribution < -0.4 is 18.9 Å².